The van der Waals surface area contributed by atoms with Gasteiger partial charge >= 0.3 is 0 Å². The predicted octanol–water partition coefficient (Wildman–Crippen LogP) is 2.72. The minimum absolute atomic E-state index is 0.0957. The highest BCUT2D eigenvalue weighted by Crippen LogP contribution is 2.24. The molecule has 0 aromatic heterocycles. The number of carbonyl (C=O) groups is 1. The highest BCUT2D eigenvalue weighted by molar-refractivity contribution is 5.79. The van der Waals surface area contributed by atoms with E-state index in [-0.39, 0.29) is 18.1 Å². The zero-order valence-electron chi connectivity index (χ0n) is 15.3. The highest BCUT2D eigenvalue weighted by atomic mass is 19.1. The summed E-state index contributed by atoms with van der Waals surface area (Å²) in [4.78, 5) is 16.9. The van der Waals surface area contributed by atoms with E-state index in [1.807, 2.05) is 11.0 Å². The summed E-state index contributed by atoms with van der Waals surface area (Å²) in [5.74, 6) is 0.424. The first-order valence-corrected chi connectivity index (χ1v) is 9.38. The van der Waals surface area contributed by atoms with E-state index < -0.39 is 0 Å². The lowest BCUT2D eigenvalue weighted by Crippen LogP contribution is -2.64. The molecule has 2 aliphatic rings. The molecule has 2 aliphatic heterocycles. The molecule has 138 valence electrons. The van der Waals surface area contributed by atoms with Gasteiger partial charge in [-0.1, -0.05) is 26.0 Å². The Bertz CT molecular complexity index is 581. The summed E-state index contributed by atoms with van der Waals surface area (Å²) in [6.45, 7) is 8.83. The van der Waals surface area contributed by atoms with E-state index in [1.165, 1.54) is 12.1 Å². The summed E-state index contributed by atoms with van der Waals surface area (Å²) < 4.78 is 18.8. The predicted molar refractivity (Wildman–Crippen MR) is 95.9 cm³/mol. The summed E-state index contributed by atoms with van der Waals surface area (Å²) in [6.07, 6.45) is 2.45. The molecule has 4 nitrogen and oxygen atoms in total. The molecule has 1 aromatic carbocycles. The Morgan fingerprint density at radius 2 is 2.00 bits per heavy atom. The molecule has 2 saturated heterocycles. The number of likely N-dealkylation sites (tertiary alicyclic amines) is 1. The molecule has 0 unspecified atom stereocenters. The monoisotopic (exact) mass is 348 g/mol. The average molecular weight is 348 g/mol. The third-order valence-corrected chi connectivity index (χ3v) is 5.16. The third kappa shape index (κ3) is 4.79. The maximum Gasteiger partial charge on any atom is 0.227 e. The number of hydrogen-bond acceptors (Lipinski definition) is 3. The lowest BCUT2D eigenvalue weighted by atomic mass is 9.97. The van der Waals surface area contributed by atoms with Gasteiger partial charge in [-0.05, 0) is 36.5 Å². The number of nitrogens with zero attached hydrogens (tertiary/aromatic N) is 2. The van der Waals surface area contributed by atoms with Crippen LogP contribution in [0.5, 0.6) is 0 Å². The Kier molecular flexibility index (Phi) is 6.07. The molecular formula is C20H29FN2O2. The molecule has 1 amide bonds. The van der Waals surface area contributed by atoms with Gasteiger partial charge in [0, 0.05) is 44.9 Å². The van der Waals surface area contributed by atoms with Crippen molar-refractivity contribution in [1.29, 1.82) is 0 Å². The largest absolute Gasteiger partial charge is 0.381 e. The van der Waals surface area contributed by atoms with Crippen molar-refractivity contribution >= 4 is 5.91 Å². The Hall–Kier alpha value is -1.46. The number of ether oxygens (including phenoxy) is 1. The number of hydrogen-bond donors (Lipinski definition) is 0. The summed E-state index contributed by atoms with van der Waals surface area (Å²) in [5.41, 5.74) is 0.747. The molecule has 0 radical (unpaired) electrons. The molecule has 5 heteroatoms. The van der Waals surface area contributed by atoms with Gasteiger partial charge in [0.25, 0.3) is 0 Å². The molecule has 0 spiro atoms. The van der Waals surface area contributed by atoms with Gasteiger partial charge in [-0.2, -0.15) is 0 Å². The van der Waals surface area contributed by atoms with Crippen molar-refractivity contribution < 1.29 is 13.9 Å². The minimum atomic E-state index is -0.283. The summed E-state index contributed by atoms with van der Waals surface area (Å²) >= 11 is 0. The van der Waals surface area contributed by atoms with Gasteiger partial charge in [0.05, 0.1) is 6.42 Å². The molecule has 25 heavy (non-hydrogen) atoms. The molecule has 0 N–H and O–H groups in total. The number of carbonyl (C=O) groups excluding carboxylic acids is 1. The zero-order valence-corrected chi connectivity index (χ0v) is 15.3. The Morgan fingerprint density at radius 1 is 1.28 bits per heavy atom. The molecule has 0 bridgehead atoms. The van der Waals surface area contributed by atoms with Crippen LogP contribution in [-0.4, -0.2) is 60.6 Å². The fraction of sp³-hybridized carbons (Fsp3) is 0.650. The molecule has 2 fully saturated rings. The van der Waals surface area contributed by atoms with Crippen LogP contribution >= 0.6 is 0 Å². The second-order valence-corrected chi connectivity index (χ2v) is 7.69. The average Bonchev–Trinajstić information content (AvgIpc) is 2.53. The van der Waals surface area contributed by atoms with Crippen molar-refractivity contribution in [3.63, 3.8) is 0 Å². The molecule has 0 aliphatic carbocycles. The quantitative estimate of drug-likeness (QED) is 0.792. The van der Waals surface area contributed by atoms with E-state index in [4.69, 9.17) is 4.74 Å². The maximum absolute atomic E-state index is 13.3. The van der Waals surface area contributed by atoms with Crippen molar-refractivity contribution in [2.45, 2.75) is 45.2 Å². The maximum atomic E-state index is 13.3. The fourth-order valence-electron chi connectivity index (χ4n) is 3.84. The summed E-state index contributed by atoms with van der Waals surface area (Å²) in [7, 11) is 0. The summed E-state index contributed by atoms with van der Waals surface area (Å²) in [5, 5.41) is 0. The van der Waals surface area contributed by atoms with Crippen molar-refractivity contribution in [3.8, 4) is 0 Å². The van der Waals surface area contributed by atoms with Crippen LogP contribution in [0.2, 0.25) is 0 Å². The van der Waals surface area contributed by atoms with Crippen LogP contribution in [-0.2, 0) is 16.0 Å². The van der Waals surface area contributed by atoms with Crippen molar-refractivity contribution in [2.75, 3.05) is 32.8 Å². The van der Waals surface area contributed by atoms with Crippen LogP contribution in [0.3, 0.4) is 0 Å². The second-order valence-electron chi connectivity index (χ2n) is 7.69. The standard InChI is InChI=1S/C20H29FN2O2/c1-15(2)12-23(18-6-8-25-9-7-18)19-13-22(14-19)20(24)11-16-4-3-5-17(21)10-16/h3-5,10,15,18-19H,6-9,11-14H2,1-2H3. The van der Waals surface area contributed by atoms with E-state index in [0.717, 1.165) is 51.3 Å². The third-order valence-electron chi connectivity index (χ3n) is 5.16. The van der Waals surface area contributed by atoms with Crippen LogP contribution in [0.15, 0.2) is 24.3 Å². The first-order valence-electron chi connectivity index (χ1n) is 9.38. The molecule has 0 saturated carbocycles. The molecule has 2 heterocycles. The smallest absolute Gasteiger partial charge is 0.227 e. The van der Waals surface area contributed by atoms with Gasteiger partial charge in [0.15, 0.2) is 0 Å². The first kappa shape index (κ1) is 18.3. The normalized spacial score (nSPS) is 19.5. The number of rotatable bonds is 6. The fourth-order valence-corrected chi connectivity index (χ4v) is 3.84. The lowest BCUT2D eigenvalue weighted by Gasteiger charge is -2.49. The Balaban J connectivity index is 1.54. The van der Waals surface area contributed by atoms with Crippen molar-refractivity contribution in [2.24, 2.45) is 5.92 Å². The van der Waals surface area contributed by atoms with Crippen LogP contribution < -0.4 is 0 Å². The highest BCUT2D eigenvalue weighted by Gasteiger charge is 2.38. The van der Waals surface area contributed by atoms with Crippen LogP contribution in [0.25, 0.3) is 0 Å². The topological polar surface area (TPSA) is 32.8 Å². The number of benzene rings is 1. The van der Waals surface area contributed by atoms with Gasteiger partial charge in [0.1, 0.15) is 5.82 Å². The van der Waals surface area contributed by atoms with Crippen molar-refractivity contribution in [3.05, 3.63) is 35.6 Å². The Labute approximate surface area is 149 Å². The van der Waals surface area contributed by atoms with Crippen LogP contribution in [0.4, 0.5) is 4.39 Å². The van der Waals surface area contributed by atoms with E-state index >= 15 is 0 Å². The molecule has 0 atom stereocenters. The minimum Gasteiger partial charge on any atom is -0.381 e. The first-order chi connectivity index (χ1) is 12.0. The van der Waals surface area contributed by atoms with E-state index in [1.54, 1.807) is 6.07 Å². The molecule has 3 rings (SSSR count). The van der Waals surface area contributed by atoms with Gasteiger partial charge in [-0.15, -0.1) is 0 Å². The van der Waals surface area contributed by atoms with E-state index in [2.05, 4.69) is 18.7 Å². The molecule has 1 aromatic rings. The molecular weight excluding hydrogens is 319 g/mol. The van der Waals surface area contributed by atoms with Gasteiger partial charge < -0.3 is 9.64 Å². The van der Waals surface area contributed by atoms with Crippen LogP contribution in [0, 0.1) is 11.7 Å². The SMILES string of the molecule is CC(C)CN(C1CCOCC1)C1CN(C(=O)Cc2cccc(F)c2)C1. The lowest BCUT2D eigenvalue weighted by molar-refractivity contribution is -0.139. The van der Waals surface area contributed by atoms with E-state index in [0.29, 0.717) is 18.0 Å². The van der Waals surface area contributed by atoms with E-state index in [9.17, 15) is 9.18 Å². The van der Waals surface area contributed by atoms with Gasteiger partial charge in [0.2, 0.25) is 5.91 Å². The Morgan fingerprint density at radius 3 is 2.64 bits per heavy atom. The van der Waals surface area contributed by atoms with Crippen molar-refractivity contribution in [1.82, 2.24) is 9.80 Å². The van der Waals surface area contributed by atoms with Gasteiger partial charge in [-0.3, -0.25) is 9.69 Å². The second kappa shape index (κ2) is 8.28. The van der Waals surface area contributed by atoms with Crippen LogP contribution in [0.1, 0.15) is 32.3 Å². The summed E-state index contributed by atoms with van der Waals surface area (Å²) in [6, 6.07) is 7.34. The number of halogens is 1. The zero-order chi connectivity index (χ0) is 17.8. The number of amides is 1. The van der Waals surface area contributed by atoms with Gasteiger partial charge in [-0.25, -0.2) is 4.39 Å².